The zero-order valence-electron chi connectivity index (χ0n) is 14.5. The van der Waals surface area contributed by atoms with E-state index in [2.05, 4.69) is 9.97 Å². The molecule has 0 bridgehead atoms. The number of phenols is 1. The van der Waals surface area contributed by atoms with Gasteiger partial charge >= 0.3 is 0 Å². The van der Waals surface area contributed by atoms with E-state index >= 15 is 0 Å². The topological polar surface area (TPSA) is 69.2 Å². The Hall–Kier alpha value is -2.89. The second kappa shape index (κ2) is 6.44. The molecule has 6 heteroatoms. The summed E-state index contributed by atoms with van der Waals surface area (Å²) in [6, 6.07) is 9.27. The van der Waals surface area contributed by atoms with Crippen molar-refractivity contribution in [3.63, 3.8) is 0 Å². The van der Waals surface area contributed by atoms with Gasteiger partial charge in [-0.1, -0.05) is 6.07 Å². The quantitative estimate of drug-likeness (QED) is 0.729. The summed E-state index contributed by atoms with van der Waals surface area (Å²) in [7, 11) is 0. The number of aryl methyl sites for hydroxylation is 1. The zero-order chi connectivity index (χ0) is 18.3. The summed E-state index contributed by atoms with van der Waals surface area (Å²) in [4.78, 5) is 22.5. The zero-order valence-corrected chi connectivity index (χ0v) is 14.5. The van der Waals surface area contributed by atoms with Crippen LogP contribution in [-0.4, -0.2) is 32.4 Å². The number of rotatable bonds is 2. The van der Waals surface area contributed by atoms with Crippen molar-refractivity contribution in [2.75, 3.05) is 6.54 Å². The molecule has 0 radical (unpaired) electrons. The minimum atomic E-state index is -0.325. The molecule has 1 aliphatic rings. The van der Waals surface area contributed by atoms with Crippen LogP contribution in [0.15, 0.2) is 36.4 Å². The van der Waals surface area contributed by atoms with E-state index in [0.29, 0.717) is 29.0 Å². The molecule has 1 saturated heterocycles. The number of halogens is 1. The van der Waals surface area contributed by atoms with Gasteiger partial charge in [0, 0.05) is 6.54 Å². The van der Waals surface area contributed by atoms with Crippen LogP contribution in [0.25, 0.3) is 11.0 Å². The average Bonchev–Trinajstić information content (AvgIpc) is 3.04. The number of fused-ring (bicyclic) bond motifs is 1. The average molecular weight is 353 g/mol. The Morgan fingerprint density at radius 1 is 1.27 bits per heavy atom. The molecule has 1 aliphatic heterocycles. The number of carbonyl (C=O) groups excluding carboxylic acids is 1. The molecule has 1 aromatic heterocycles. The molecule has 26 heavy (non-hydrogen) atoms. The summed E-state index contributed by atoms with van der Waals surface area (Å²) >= 11 is 0. The molecule has 5 nitrogen and oxygen atoms in total. The van der Waals surface area contributed by atoms with Crippen LogP contribution in [-0.2, 0) is 0 Å². The molecular weight excluding hydrogens is 333 g/mol. The first-order valence-electron chi connectivity index (χ1n) is 8.78. The molecule has 2 aromatic carbocycles. The number of aromatic nitrogens is 2. The third kappa shape index (κ3) is 2.92. The molecule has 0 saturated carbocycles. The van der Waals surface area contributed by atoms with E-state index in [-0.39, 0.29) is 23.5 Å². The van der Waals surface area contributed by atoms with Crippen molar-refractivity contribution in [2.45, 2.75) is 32.2 Å². The van der Waals surface area contributed by atoms with E-state index in [4.69, 9.17) is 0 Å². The van der Waals surface area contributed by atoms with Crippen LogP contribution in [0.4, 0.5) is 4.39 Å². The molecule has 3 aromatic rings. The lowest BCUT2D eigenvalue weighted by Crippen LogP contribution is -2.39. The van der Waals surface area contributed by atoms with Gasteiger partial charge < -0.3 is 15.0 Å². The molecule has 1 atom stereocenters. The molecule has 0 aliphatic carbocycles. The Kier molecular flexibility index (Phi) is 4.11. The molecular formula is C20H20FN3O2. The minimum absolute atomic E-state index is 0.00833. The number of benzene rings is 2. The lowest BCUT2D eigenvalue weighted by Gasteiger charge is -2.34. The highest BCUT2D eigenvalue weighted by atomic mass is 19.1. The van der Waals surface area contributed by atoms with Gasteiger partial charge in [0.2, 0.25) is 0 Å². The van der Waals surface area contributed by atoms with Crippen molar-refractivity contribution < 1.29 is 14.3 Å². The van der Waals surface area contributed by atoms with Crippen LogP contribution in [0.5, 0.6) is 5.75 Å². The molecule has 2 heterocycles. The smallest absolute Gasteiger partial charge is 0.258 e. The summed E-state index contributed by atoms with van der Waals surface area (Å²) < 4.78 is 13.5. The lowest BCUT2D eigenvalue weighted by atomic mass is 9.99. The normalized spacial score (nSPS) is 17.6. The first kappa shape index (κ1) is 16.6. The molecule has 0 spiro atoms. The molecule has 2 N–H and O–H groups in total. The lowest BCUT2D eigenvalue weighted by molar-refractivity contribution is 0.0598. The maximum atomic E-state index is 13.5. The number of nitrogens with zero attached hydrogens (tertiary/aromatic N) is 2. The second-order valence-electron chi connectivity index (χ2n) is 6.81. The summed E-state index contributed by atoms with van der Waals surface area (Å²) in [5.74, 6) is 0.115. The number of aromatic amines is 1. The molecule has 1 unspecified atom stereocenters. The van der Waals surface area contributed by atoms with Crippen molar-refractivity contribution in [3.8, 4) is 5.75 Å². The first-order valence-corrected chi connectivity index (χ1v) is 8.78. The Morgan fingerprint density at radius 2 is 2.12 bits per heavy atom. The Labute approximate surface area is 150 Å². The molecule has 134 valence electrons. The van der Waals surface area contributed by atoms with E-state index in [0.717, 1.165) is 24.8 Å². The number of nitrogens with one attached hydrogen (secondary N) is 1. The fourth-order valence-corrected chi connectivity index (χ4v) is 3.60. The van der Waals surface area contributed by atoms with Gasteiger partial charge in [-0.05, 0) is 62.1 Å². The van der Waals surface area contributed by atoms with Gasteiger partial charge in [0.25, 0.3) is 5.91 Å². The molecule has 4 rings (SSSR count). The number of carbonyl (C=O) groups is 1. The van der Waals surface area contributed by atoms with E-state index in [1.807, 2.05) is 13.0 Å². The van der Waals surface area contributed by atoms with Crippen LogP contribution < -0.4 is 0 Å². The van der Waals surface area contributed by atoms with Crippen LogP contribution in [0, 0.1) is 12.7 Å². The van der Waals surface area contributed by atoms with E-state index < -0.39 is 0 Å². The number of phenolic OH excluding ortho intramolecular Hbond substituents is 1. The number of amides is 1. The number of likely N-dealkylation sites (tertiary alicyclic amines) is 1. The van der Waals surface area contributed by atoms with Gasteiger partial charge in [0.1, 0.15) is 17.4 Å². The number of hydrogen-bond acceptors (Lipinski definition) is 3. The van der Waals surface area contributed by atoms with Crippen LogP contribution in [0.3, 0.4) is 0 Å². The van der Waals surface area contributed by atoms with Crippen molar-refractivity contribution in [2.24, 2.45) is 0 Å². The van der Waals surface area contributed by atoms with Crippen molar-refractivity contribution >= 4 is 16.9 Å². The van der Waals surface area contributed by atoms with Gasteiger partial charge in [0.15, 0.2) is 0 Å². The number of aromatic hydroxyl groups is 1. The second-order valence-corrected chi connectivity index (χ2v) is 6.81. The van der Waals surface area contributed by atoms with Crippen LogP contribution in [0.1, 0.15) is 47.1 Å². The highest BCUT2D eigenvalue weighted by Crippen LogP contribution is 2.33. The van der Waals surface area contributed by atoms with Gasteiger partial charge in [-0.25, -0.2) is 9.37 Å². The number of H-pyrrole nitrogens is 1. The SMILES string of the molecule is Cc1ccc(C(=O)N2CCCCC2c2nc3ccc(F)cc3[nH]2)c(O)c1. The number of imidazole rings is 1. The third-order valence-electron chi connectivity index (χ3n) is 4.93. The Morgan fingerprint density at radius 3 is 2.92 bits per heavy atom. The summed E-state index contributed by atoms with van der Waals surface area (Å²) in [5.41, 5.74) is 2.49. The maximum Gasteiger partial charge on any atom is 0.258 e. The maximum absolute atomic E-state index is 13.5. The van der Waals surface area contributed by atoms with Gasteiger partial charge in [-0.3, -0.25) is 4.79 Å². The third-order valence-corrected chi connectivity index (χ3v) is 4.93. The van der Waals surface area contributed by atoms with E-state index in [1.54, 1.807) is 23.1 Å². The highest BCUT2D eigenvalue weighted by Gasteiger charge is 2.31. The molecule has 1 amide bonds. The minimum Gasteiger partial charge on any atom is -0.507 e. The fraction of sp³-hybridized carbons (Fsp3) is 0.300. The van der Waals surface area contributed by atoms with Gasteiger partial charge in [-0.15, -0.1) is 0 Å². The molecule has 1 fully saturated rings. The standard InChI is InChI=1S/C20H20FN3O2/c1-12-5-7-14(18(25)10-12)20(26)24-9-3-2-4-17(24)19-22-15-8-6-13(21)11-16(15)23-19/h5-8,10-11,17,25H,2-4,9H2,1H3,(H,22,23). The Bertz CT molecular complexity index is 982. The first-order chi connectivity index (χ1) is 12.5. The van der Waals surface area contributed by atoms with E-state index in [9.17, 15) is 14.3 Å². The summed E-state index contributed by atoms with van der Waals surface area (Å²) in [6.07, 6.45) is 2.67. The largest absolute Gasteiger partial charge is 0.507 e. The van der Waals surface area contributed by atoms with Crippen LogP contribution in [0.2, 0.25) is 0 Å². The predicted molar refractivity (Wildman–Crippen MR) is 96.5 cm³/mol. The fourth-order valence-electron chi connectivity index (χ4n) is 3.60. The highest BCUT2D eigenvalue weighted by molar-refractivity contribution is 5.97. The Balaban J connectivity index is 1.70. The van der Waals surface area contributed by atoms with Crippen molar-refractivity contribution in [3.05, 3.63) is 59.2 Å². The van der Waals surface area contributed by atoms with Crippen molar-refractivity contribution in [1.29, 1.82) is 0 Å². The monoisotopic (exact) mass is 353 g/mol. The summed E-state index contributed by atoms with van der Waals surface area (Å²) in [5, 5.41) is 10.2. The van der Waals surface area contributed by atoms with Crippen LogP contribution >= 0.6 is 0 Å². The number of hydrogen-bond donors (Lipinski definition) is 2. The number of piperidine rings is 1. The summed E-state index contributed by atoms with van der Waals surface area (Å²) in [6.45, 7) is 2.47. The predicted octanol–water partition coefficient (Wildman–Crippen LogP) is 4.08. The van der Waals surface area contributed by atoms with E-state index in [1.165, 1.54) is 12.1 Å². The van der Waals surface area contributed by atoms with Gasteiger partial charge in [0.05, 0.1) is 22.6 Å². The van der Waals surface area contributed by atoms with Crippen molar-refractivity contribution in [1.82, 2.24) is 14.9 Å². The van der Waals surface area contributed by atoms with Gasteiger partial charge in [-0.2, -0.15) is 0 Å².